The number of rotatable bonds is 4. The van der Waals surface area contributed by atoms with Crippen molar-refractivity contribution < 1.29 is 4.79 Å². The Kier molecular flexibility index (Phi) is 4.22. The summed E-state index contributed by atoms with van der Waals surface area (Å²) in [5.41, 5.74) is 1.64. The largest absolute Gasteiger partial charge is 0.359 e. The van der Waals surface area contributed by atoms with Crippen molar-refractivity contribution in [3.05, 3.63) is 17.6 Å². The van der Waals surface area contributed by atoms with Crippen LogP contribution in [0.5, 0.6) is 0 Å². The van der Waals surface area contributed by atoms with Gasteiger partial charge in [-0.15, -0.1) is 0 Å². The number of anilines is 1. The van der Waals surface area contributed by atoms with Crippen LogP contribution in [0.2, 0.25) is 0 Å². The number of amides is 1. The lowest BCUT2D eigenvalue weighted by molar-refractivity contribution is -0.127. The third kappa shape index (κ3) is 3.18. The van der Waals surface area contributed by atoms with E-state index < -0.39 is 0 Å². The molecule has 0 bridgehead atoms. The highest BCUT2D eigenvalue weighted by atomic mass is 16.2. The molecule has 1 N–H and O–H groups in total. The minimum absolute atomic E-state index is 0.0465. The van der Waals surface area contributed by atoms with Crippen LogP contribution in [0.4, 0.5) is 5.82 Å². The first-order chi connectivity index (χ1) is 7.54. The molecule has 0 aromatic carbocycles. The van der Waals surface area contributed by atoms with Crippen LogP contribution in [0.1, 0.15) is 18.3 Å². The standard InChI is InChI=1S/C11H18N4O/c1-5-15(4)10(16)7-13-11-9(3)12-6-8(2)14-11/h6H,5,7H2,1-4H3,(H,13,14). The van der Waals surface area contributed by atoms with Gasteiger partial charge in [0, 0.05) is 19.8 Å². The Labute approximate surface area is 95.9 Å². The van der Waals surface area contributed by atoms with Gasteiger partial charge in [0.15, 0.2) is 0 Å². The van der Waals surface area contributed by atoms with Crippen molar-refractivity contribution in [1.82, 2.24) is 14.9 Å². The monoisotopic (exact) mass is 222 g/mol. The maximum atomic E-state index is 11.6. The van der Waals surface area contributed by atoms with Crippen LogP contribution in [-0.2, 0) is 4.79 Å². The molecule has 0 aliphatic rings. The van der Waals surface area contributed by atoms with E-state index in [1.807, 2.05) is 20.8 Å². The van der Waals surface area contributed by atoms with Gasteiger partial charge in [-0.3, -0.25) is 9.78 Å². The molecule has 0 saturated heterocycles. The predicted molar refractivity (Wildman–Crippen MR) is 63.3 cm³/mol. The minimum atomic E-state index is 0.0465. The summed E-state index contributed by atoms with van der Waals surface area (Å²) in [7, 11) is 1.78. The minimum Gasteiger partial charge on any atom is -0.359 e. The summed E-state index contributed by atoms with van der Waals surface area (Å²) in [4.78, 5) is 21.7. The number of nitrogens with one attached hydrogen (secondary N) is 1. The van der Waals surface area contributed by atoms with E-state index in [1.165, 1.54) is 0 Å². The topological polar surface area (TPSA) is 58.1 Å². The molecule has 0 spiro atoms. The Morgan fingerprint density at radius 1 is 1.50 bits per heavy atom. The molecule has 1 aromatic rings. The zero-order valence-corrected chi connectivity index (χ0v) is 10.2. The van der Waals surface area contributed by atoms with Crippen molar-refractivity contribution in [2.75, 3.05) is 25.5 Å². The molecule has 5 nitrogen and oxygen atoms in total. The summed E-state index contributed by atoms with van der Waals surface area (Å²) >= 11 is 0. The van der Waals surface area contributed by atoms with E-state index in [0.717, 1.165) is 11.4 Å². The molecule has 1 rings (SSSR count). The van der Waals surface area contributed by atoms with Gasteiger partial charge < -0.3 is 10.2 Å². The average Bonchev–Trinajstić information content (AvgIpc) is 2.28. The molecule has 0 saturated carbocycles. The van der Waals surface area contributed by atoms with Crippen molar-refractivity contribution in [1.29, 1.82) is 0 Å². The van der Waals surface area contributed by atoms with E-state index in [2.05, 4.69) is 15.3 Å². The normalized spacial score (nSPS) is 10.0. The third-order valence-electron chi connectivity index (χ3n) is 2.38. The van der Waals surface area contributed by atoms with Gasteiger partial charge in [0.25, 0.3) is 0 Å². The van der Waals surface area contributed by atoms with Crippen LogP contribution in [0, 0.1) is 13.8 Å². The molecule has 1 heterocycles. The molecular weight excluding hydrogens is 204 g/mol. The lowest BCUT2D eigenvalue weighted by atomic mass is 10.4. The number of likely N-dealkylation sites (N-methyl/N-ethyl adjacent to an activating group) is 1. The van der Waals surface area contributed by atoms with Gasteiger partial charge in [-0.25, -0.2) is 4.98 Å². The van der Waals surface area contributed by atoms with Crippen LogP contribution in [0.3, 0.4) is 0 Å². The van der Waals surface area contributed by atoms with Crippen LogP contribution < -0.4 is 5.32 Å². The second-order valence-corrected chi connectivity index (χ2v) is 3.71. The number of hydrogen-bond acceptors (Lipinski definition) is 4. The van der Waals surface area contributed by atoms with E-state index in [-0.39, 0.29) is 12.5 Å². The highest BCUT2D eigenvalue weighted by molar-refractivity contribution is 5.80. The number of carbonyl (C=O) groups excluding carboxylic acids is 1. The molecule has 0 aliphatic heterocycles. The summed E-state index contributed by atoms with van der Waals surface area (Å²) in [5.74, 6) is 0.725. The predicted octanol–water partition coefficient (Wildman–Crippen LogP) is 0.984. The van der Waals surface area contributed by atoms with E-state index in [4.69, 9.17) is 0 Å². The van der Waals surface area contributed by atoms with Gasteiger partial charge in [-0.2, -0.15) is 0 Å². The van der Waals surface area contributed by atoms with Crippen molar-refractivity contribution in [2.45, 2.75) is 20.8 Å². The van der Waals surface area contributed by atoms with E-state index in [9.17, 15) is 4.79 Å². The van der Waals surface area contributed by atoms with Crippen LogP contribution >= 0.6 is 0 Å². The first kappa shape index (κ1) is 12.4. The molecule has 5 heteroatoms. The van der Waals surface area contributed by atoms with Gasteiger partial charge in [0.2, 0.25) is 5.91 Å². The SMILES string of the molecule is CCN(C)C(=O)CNc1nc(C)cnc1C. The van der Waals surface area contributed by atoms with Gasteiger partial charge in [-0.05, 0) is 20.8 Å². The van der Waals surface area contributed by atoms with Gasteiger partial charge in [0.05, 0.1) is 17.9 Å². The summed E-state index contributed by atoms with van der Waals surface area (Å²) in [6.07, 6.45) is 1.71. The molecule has 0 aliphatic carbocycles. The zero-order chi connectivity index (χ0) is 12.1. The Morgan fingerprint density at radius 2 is 2.19 bits per heavy atom. The van der Waals surface area contributed by atoms with Gasteiger partial charge in [-0.1, -0.05) is 0 Å². The molecule has 1 amide bonds. The lowest BCUT2D eigenvalue weighted by Gasteiger charge is -2.15. The van der Waals surface area contributed by atoms with E-state index in [0.29, 0.717) is 12.4 Å². The van der Waals surface area contributed by atoms with Crippen molar-refractivity contribution in [3.8, 4) is 0 Å². The second-order valence-electron chi connectivity index (χ2n) is 3.71. The molecule has 88 valence electrons. The summed E-state index contributed by atoms with van der Waals surface area (Å²) in [6.45, 7) is 6.64. The fraction of sp³-hybridized carbons (Fsp3) is 0.545. The molecule has 0 radical (unpaired) electrons. The molecule has 1 aromatic heterocycles. The first-order valence-corrected chi connectivity index (χ1v) is 5.32. The molecule has 16 heavy (non-hydrogen) atoms. The number of carbonyl (C=O) groups is 1. The summed E-state index contributed by atoms with van der Waals surface area (Å²) in [6, 6.07) is 0. The van der Waals surface area contributed by atoms with Crippen molar-refractivity contribution >= 4 is 11.7 Å². The second kappa shape index (κ2) is 5.44. The maximum absolute atomic E-state index is 11.6. The highest BCUT2D eigenvalue weighted by Gasteiger charge is 2.08. The Hall–Kier alpha value is -1.65. The summed E-state index contributed by atoms with van der Waals surface area (Å²) < 4.78 is 0. The van der Waals surface area contributed by atoms with E-state index in [1.54, 1.807) is 18.1 Å². The first-order valence-electron chi connectivity index (χ1n) is 5.32. The fourth-order valence-electron chi connectivity index (χ4n) is 1.18. The molecule has 0 unspecified atom stereocenters. The Bertz CT molecular complexity index is 378. The zero-order valence-electron chi connectivity index (χ0n) is 10.2. The van der Waals surface area contributed by atoms with Crippen LogP contribution in [0.25, 0.3) is 0 Å². The molecule has 0 atom stereocenters. The molecular formula is C11H18N4O. The number of hydrogen-bond donors (Lipinski definition) is 1. The lowest BCUT2D eigenvalue weighted by Crippen LogP contribution is -2.32. The van der Waals surface area contributed by atoms with Gasteiger partial charge in [0.1, 0.15) is 5.82 Å². The van der Waals surface area contributed by atoms with Crippen molar-refractivity contribution in [3.63, 3.8) is 0 Å². The quantitative estimate of drug-likeness (QED) is 0.825. The maximum Gasteiger partial charge on any atom is 0.241 e. The Morgan fingerprint density at radius 3 is 2.81 bits per heavy atom. The van der Waals surface area contributed by atoms with Crippen molar-refractivity contribution in [2.24, 2.45) is 0 Å². The average molecular weight is 222 g/mol. The van der Waals surface area contributed by atoms with Crippen LogP contribution in [0.15, 0.2) is 6.20 Å². The third-order valence-corrected chi connectivity index (χ3v) is 2.38. The smallest absolute Gasteiger partial charge is 0.241 e. The van der Waals surface area contributed by atoms with Gasteiger partial charge >= 0.3 is 0 Å². The number of aromatic nitrogens is 2. The number of nitrogens with zero attached hydrogens (tertiary/aromatic N) is 3. The Balaban J connectivity index is 2.61. The van der Waals surface area contributed by atoms with Crippen LogP contribution in [-0.4, -0.2) is 40.9 Å². The summed E-state index contributed by atoms with van der Waals surface area (Å²) in [5, 5.41) is 3.00. The van der Waals surface area contributed by atoms with E-state index >= 15 is 0 Å². The fourth-order valence-corrected chi connectivity index (χ4v) is 1.18. The highest BCUT2D eigenvalue weighted by Crippen LogP contribution is 2.07. The molecule has 0 fully saturated rings. The number of aryl methyl sites for hydroxylation is 2.